The first kappa shape index (κ1) is 11.7. The van der Waals surface area contributed by atoms with Crippen LogP contribution in [0.15, 0.2) is 29.4 Å². The van der Waals surface area contributed by atoms with E-state index < -0.39 is 0 Å². The first-order chi connectivity index (χ1) is 8.04. The fourth-order valence-electron chi connectivity index (χ4n) is 2.15. The van der Waals surface area contributed by atoms with Gasteiger partial charge >= 0.3 is 0 Å². The smallest absolute Gasteiger partial charge is 0.126 e. The molecule has 0 aliphatic carbocycles. The number of nitroso groups, excluding NO2 is 1. The van der Waals surface area contributed by atoms with Gasteiger partial charge in [0.05, 0.1) is 0 Å². The molecule has 0 amide bonds. The van der Waals surface area contributed by atoms with E-state index in [-0.39, 0.29) is 11.7 Å². The molecule has 17 heavy (non-hydrogen) atoms. The number of hydrogen-bond acceptors (Lipinski definition) is 2. The van der Waals surface area contributed by atoms with Crippen LogP contribution in [-0.2, 0) is 0 Å². The molecule has 0 spiro atoms. The average Bonchev–Trinajstić information content (AvgIpc) is 2.32. The van der Waals surface area contributed by atoms with E-state index in [0.29, 0.717) is 11.3 Å². The van der Waals surface area contributed by atoms with Crippen molar-refractivity contribution < 1.29 is 4.39 Å². The van der Waals surface area contributed by atoms with Crippen molar-refractivity contribution in [2.45, 2.75) is 26.7 Å². The Hall–Kier alpha value is -1.77. The summed E-state index contributed by atoms with van der Waals surface area (Å²) in [4.78, 5) is 10.7. The van der Waals surface area contributed by atoms with E-state index in [4.69, 9.17) is 0 Å². The molecule has 88 valence electrons. The molecule has 2 nitrogen and oxygen atoms in total. The Morgan fingerprint density at radius 1 is 1.24 bits per heavy atom. The minimum Gasteiger partial charge on any atom is -0.207 e. The number of fused-ring (bicyclic) bond motifs is 1. The molecule has 0 atom stereocenters. The van der Waals surface area contributed by atoms with Gasteiger partial charge in [-0.1, -0.05) is 19.9 Å². The van der Waals surface area contributed by atoms with Crippen molar-refractivity contribution in [3.05, 3.63) is 46.1 Å². The zero-order valence-corrected chi connectivity index (χ0v) is 10.1. The van der Waals surface area contributed by atoms with Crippen LogP contribution < -0.4 is 0 Å². The highest BCUT2D eigenvalue weighted by Gasteiger charge is 2.12. The lowest BCUT2D eigenvalue weighted by Crippen LogP contribution is -1.94. The van der Waals surface area contributed by atoms with Crippen LogP contribution in [0.1, 0.15) is 30.9 Å². The van der Waals surface area contributed by atoms with Gasteiger partial charge in [-0.15, -0.1) is 4.91 Å². The van der Waals surface area contributed by atoms with Crippen molar-refractivity contribution in [2.75, 3.05) is 0 Å². The van der Waals surface area contributed by atoms with Gasteiger partial charge in [0.25, 0.3) is 0 Å². The van der Waals surface area contributed by atoms with Gasteiger partial charge in [-0.25, -0.2) is 4.39 Å². The normalized spacial score (nSPS) is 11.1. The van der Waals surface area contributed by atoms with E-state index in [0.717, 1.165) is 16.3 Å². The Labute approximate surface area is 99.4 Å². The molecule has 2 aromatic carbocycles. The summed E-state index contributed by atoms with van der Waals surface area (Å²) in [6.07, 6.45) is 0. The minimum atomic E-state index is -0.216. The van der Waals surface area contributed by atoms with Crippen molar-refractivity contribution in [3.63, 3.8) is 0 Å². The molecular formula is C14H14FNO. The topological polar surface area (TPSA) is 29.4 Å². The van der Waals surface area contributed by atoms with Crippen LogP contribution in [0, 0.1) is 17.6 Å². The highest BCUT2D eigenvalue weighted by atomic mass is 19.1. The molecule has 0 unspecified atom stereocenters. The fourth-order valence-corrected chi connectivity index (χ4v) is 2.15. The molecule has 0 bridgehead atoms. The Bertz CT molecular complexity index is 590. The predicted octanol–water partition coefficient (Wildman–Crippen LogP) is 4.81. The van der Waals surface area contributed by atoms with Crippen LogP contribution >= 0.6 is 0 Å². The molecule has 0 saturated heterocycles. The molecule has 0 saturated carbocycles. The lowest BCUT2D eigenvalue weighted by molar-refractivity contribution is 0.620. The van der Waals surface area contributed by atoms with Crippen molar-refractivity contribution in [2.24, 2.45) is 5.18 Å². The third-order valence-corrected chi connectivity index (χ3v) is 3.05. The summed E-state index contributed by atoms with van der Waals surface area (Å²) in [5.74, 6) is 0.00547. The molecule has 0 heterocycles. The molecule has 0 fully saturated rings. The lowest BCUT2D eigenvalue weighted by Gasteiger charge is -2.13. The summed E-state index contributed by atoms with van der Waals surface area (Å²) in [5, 5.41) is 4.73. The summed E-state index contributed by atoms with van der Waals surface area (Å²) >= 11 is 0. The number of nitrogens with zero attached hydrogens (tertiary/aromatic N) is 1. The first-order valence-corrected chi connectivity index (χ1v) is 5.60. The van der Waals surface area contributed by atoms with Crippen LogP contribution in [-0.4, -0.2) is 0 Å². The van der Waals surface area contributed by atoms with E-state index in [2.05, 4.69) is 5.18 Å². The van der Waals surface area contributed by atoms with E-state index in [1.807, 2.05) is 13.8 Å². The Kier molecular flexibility index (Phi) is 2.92. The number of hydrogen-bond donors (Lipinski definition) is 0. The van der Waals surface area contributed by atoms with Gasteiger partial charge in [-0.3, -0.25) is 0 Å². The van der Waals surface area contributed by atoms with Gasteiger partial charge in [-0.05, 0) is 58.1 Å². The van der Waals surface area contributed by atoms with Crippen molar-refractivity contribution >= 4 is 16.5 Å². The summed E-state index contributed by atoms with van der Waals surface area (Å²) < 4.78 is 13.6. The maximum Gasteiger partial charge on any atom is 0.126 e. The van der Waals surface area contributed by atoms with Gasteiger partial charge in [0.15, 0.2) is 0 Å². The summed E-state index contributed by atoms with van der Waals surface area (Å²) in [7, 11) is 0. The Morgan fingerprint density at radius 2 is 1.94 bits per heavy atom. The number of halogens is 1. The van der Waals surface area contributed by atoms with Crippen molar-refractivity contribution in [3.8, 4) is 0 Å². The highest BCUT2D eigenvalue weighted by Crippen LogP contribution is 2.33. The van der Waals surface area contributed by atoms with Crippen LogP contribution in [0.4, 0.5) is 10.1 Å². The van der Waals surface area contributed by atoms with Crippen LogP contribution in [0.5, 0.6) is 0 Å². The van der Waals surface area contributed by atoms with Gasteiger partial charge in [0, 0.05) is 0 Å². The second-order valence-electron chi connectivity index (χ2n) is 4.55. The molecule has 2 rings (SSSR count). The summed E-state index contributed by atoms with van der Waals surface area (Å²) in [5.41, 5.74) is 1.99. The van der Waals surface area contributed by atoms with Crippen LogP contribution in [0.3, 0.4) is 0 Å². The number of rotatable bonds is 2. The second kappa shape index (κ2) is 4.24. The Balaban J connectivity index is 2.91. The highest BCUT2D eigenvalue weighted by molar-refractivity contribution is 5.91. The molecule has 0 N–H and O–H groups in total. The SMILES string of the molecule is Cc1c(F)ccc2cc(N=O)cc(C(C)C)c12. The standard InChI is InChI=1S/C14H14FNO/c1-8(2)12-7-11(16-17)6-10-4-5-13(15)9(3)14(10)12/h4-8H,1-3H3. The molecule has 0 aromatic heterocycles. The molecular weight excluding hydrogens is 217 g/mol. The van der Waals surface area contributed by atoms with Crippen molar-refractivity contribution in [1.82, 2.24) is 0 Å². The number of benzene rings is 2. The molecule has 3 heteroatoms. The fraction of sp³-hybridized carbons (Fsp3) is 0.286. The van der Waals surface area contributed by atoms with Crippen LogP contribution in [0.2, 0.25) is 0 Å². The molecule has 0 aliphatic rings. The molecule has 2 aromatic rings. The molecule has 0 aliphatic heterocycles. The zero-order valence-electron chi connectivity index (χ0n) is 10.1. The van der Waals surface area contributed by atoms with Crippen LogP contribution in [0.25, 0.3) is 10.8 Å². The van der Waals surface area contributed by atoms with Gasteiger partial charge in [0.2, 0.25) is 0 Å². The van der Waals surface area contributed by atoms with E-state index in [1.54, 1.807) is 25.1 Å². The second-order valence-corrected chi connectivity index (χ2v) is 4.55. The predicted molar refractivity (Wildman–Crippen MR) is 68.2 cm³/mol. The zero-order chi connectivity index (χ0) is 12.6. The third-order valence-electron chi connectivity index (χ3n) is 3.05. The van der Waals surface area contributed by atoms with Gasteiger partial charge < -0.3 is 0 Å². The summed E-state index contributed by atoms with van der Waals surface area (Å²) in [6.45, 7) is 5.80. The number of aryl methyl sites for hydroxylation is 1. The average molecular weight is 231 g/mol. The van der Waals surface area contributed by atoms with E-state index in [1.165, 1.54) is 6.07 Å². The monoisotopic (exact) mass is 231 g/mol. The van der Waals surface area contributed by atoms with Crippen molar-refractivity contribution in [1.29, 1.82) is 0 Å². The minimum absolute atomic E-state index is 0.216. The maximum atomic E-state index is 13.6. The Morgan fingerprint density at radius 3 is 2.53 bits per heavy atom. The van der Waals surface area contributed by atoms with Gasteiger partial charge in [-0.2, -0.15) is 0 Å². The van der Waals surface area contributed by atoms with E-state index >= 15 is 0 Å². The maximum absolute atomic E-state index is 13.6. The summed E-state index contributed by atoms with van der Waals surface area (Å²) in [6, 6.07) is 6.56. The van der Waals surface area contributed by atoms with Gasteiger partial charge in [0.1, 0.15) is 11.5 Å². The quantitative estimate of drug-likeness (QED) is 0.682. The largest absolute Gasteiger partial charge is 0.207 e. The first-order valence-electron chi connectivity index (χ1n) is 5.60. The third kappa shape index (κ3) is 1.93. The molecule has 0 radical (unpaired) electrons. The van der Waals surface area contributed by atoms with E-state index in [9.17, 15) is 9.30 Å². The lowest BCUT2D eigenvalue weighted by atomic mass is 9.92.